The Hall–Kier alpha value is -3.13. The average molecular weight is 465 g/mol. The van der Waals surface area contributed by atoms with Gasteiger partial charge in [-0.05, 0) is 36.6 Å². The number of amides is 3. The Morgan fingerprint density at radius 1 is 1.18 bits per heavy atom. The highest BCUT2D eigenvalue weighted by Gasteiger charge is 2.28. The Kier molecular flexibility index (Phi) is 6.17. The number of carbonyl (C=O) groups excluding carboxylic acids is 2. The van der Waals surface area contributed by atoms with Gasteiger partial charge in [-0.2, -0.15) is 0 Å². The van der Waals surface area contributed by atoms with Gasteiger partial charge in [0.25, 0.3) is 5.91 Å². The molecule has 1 fully saturated rings. The van der Waals surface area contributed by atoms with Gasteiger partial charge in [-0.25, -0.2) is 9.78 Å². The van der Waals surface area contributed by atoms with Crippen LogP contribution < -0.4 is 15.4 Å². The summed E-state index contributed by atoms with van der Waals surface area (Å²) in [5.41, 5.74) is 1.57. The Balaban J connectivity index is 1.34. The van der Waals surface area contributed by atoms with Crippen molar-refractivity contribution in [2.75, 3.05) is 18.5 Å². The minimum Gasteiger partial charge on any atom is -0.493 e. The van der Waals surface area contributed by atoms with Crippen LogP contribution >= 0.6 is 11.3 Å². The molecule has 5 rings (SSSR count). The minimum atomic E-state index is -0.196. The highest BCUT2D eigenvalue weighted by atomic mass is 32.1. The summed E-state index contributed by atoms with van der Waals surface area (Å²) in [7, 11) is 0. The van der Waals surface area contributed by atoms with E-state index < -0.39 is 0 Å². The number of thiazole rings is 1. The molecule has 3 aromatic rings. The zero-order chi connectivity index (χ0) is 22.8. The maximum Gasteiger partial charge on any atom is 0.321 e. The van der Waals surface area contributed by atoms with E-state index in [1.165, 1.54) is 24.2 Å². The van der Waals surface area contributed by atoms with E-state index in [-0.39, 0.29) is 18.0 Å². The highest BCUT2D eigenvalue weighted by molar-refractivity contribution is 7.15. The van der Waals surface area contributed by atoms with Gasteiger partial charge < -0.3 is 15.0 Å². The van der Waals surface area contributed by atoms with E-state index in [4.69, 9.17) is 4.74 Å². The first-order valence-corrected chi connectivity index (χ1v) is 12.4. The smallest absolute Gasteiger partial charge is 0.321 e. The Morgan fingerprint density at radius 2 is 2.00 bits per heavy atom. The van der Waals surface area contributed by atoms with Gasteiger partial charge in [-0.1, -0.05) is 54.5 Å². The number of fused-ring (bicyclic) bond motifs is 2. The van der Waals surface area contributed by atoms with Crippen molar-refractivity contribution in [1.29, 1.82) is 0 Å². The SMILES string of the molecule is CCOc1ccc2ccccc2c1C(=O)N1CCc2nc(NC(=O)NC3CCCC3)sc2C1. The molecule has 0 unspecified atom stereocenters. The first kappa shape index (κ1) is 21.7. The molecule has 0 radical (unpaired) electrons. The van der Waals surface area contributed by atoms with Crippen molar-refractivity contribution in [2.45, 2.75) is 51.6 Å². The molecule has 3 amide bonds. The average Bonchev–Trinajstić information content (AvgIpc) is 3.47. The van der Waals surface area contributed by atoms with Crippen LogP contribution in [0.25, 0.3) is 10.8 Å². The molecule has 2 aromatic carbocycles. The topological polar surface area (TPSA) is 83.6 Å². The van der Waals surface area contributed by atoms with Crippen LogP contribution in [0.15, 0.2) is 36.4 Å². The van der Waals surface area contributed by atoms with Gasteiger partial charge in [0.05, 0.1) is 24.4 Å². The molecule has 2 N–H and O–H groups in total. The summed E-state index contributed by atoms with van der Waals surface area (Å²) in [5, 5.41) is 8.41. The fraction of sp³-hybridized carbons (Fsp3) is 0.400. The molecule has 1 aromatic heterocycles. The number of anilines is 1. The van der Waals surface area contributed by atoms with E-state index in [1.54, 1.807) is 0 Å². The second kappa shape index (κ2) is 9.39. The Morgan fingerprint density at radius 3 is 2.82 bits per heavy atom. The lowest BCUT2D eigenvalue weighted by Gasteiger charge is -2.27. The molecule has 0 bridgehead atoms. The molecule has 0 spiro atoms. The van der Waals surface area contributed by atoms with Crippen molar-refractivity contribution in [3.05, 3.63) is 52.5 Å². The maximum atomic E-state index is 13.6. The molecule has 2 aliphatic rings. The summed E-state index contributed by atoms with van der Waals surface area (Å²) >= 11 is 1.45. The van der Waals surface area contributed by atoms with Crippen LogP contribution in [0.4, 0.5) is 9.93 Å². The van der Waals surface area contributed by atoms with Crippen LogP contribution in [0.5, 0.6) is 5.75 Å². The molecule has 2 heterocycles. The van der Waals surface area contributed by atoms with Crippen LogP contribution in [-0.2, 0) is 13.0 Å². The number of hydrogen-bond donors (Lipinski definition) is 2. The third-order valence-corrected chi connectivity index (χ3v) is 7.33. The van der Waals surface area contributed by atoms with Crippen molar-refractivity contribution in [3.8, 4) is 5.75 Å². The van der Waals surface area contributed by atoms with E-state index in [0.29, 0.717) is 42.6 Å². The number of ether oxygens (including phenoxy) is 1. The quantitative estimate of drug-likeness (QED) is 0.559. The van der Waals surface area contributed by atoms with Crippen LogP contribution in [0.2, 0.25) is 0 Å². The number of rotatable bonds is 5. The first-order valence-electron chi connectivity index (χ1n) is 11.6. The summed E-state index contributed by atoms with van der Waals surface area (Å²) in [5.74, 6) is 0.574. The molecule has 172 valence electrons. The predicted molar refractivity (Wildman–Crippen MR) is 130 cm³/mol. The standard InChI is InChI=1S/C25H28N4O3S/c1-2-32-20-12-11-16-7-3-6-10-18(16)22(20)23(30)29-14-13-19-21(15-29)33-25(27-19)28-24(31)26-17-8-4-5-9-17/h3,6-7,10-12,17H,2,4-5,8-9,13-15H2,1H3,(H2,26,27,28,31). The molecule has 0 saturated heterocycles. The lowest BCUT2D eigenvalue weighted by atomic mass is 10.0. The second-order valence-electron chi connectivity index (χ2n) is 8.54. The molecule has 0 atom stereocenters. The number of nitrogens with one attached hydrogen (secondary N) is 2. The molecule has 1 aliphatic carbocycles. The summed E-state index contributed by atoms with van der Waals surface area (Å²) in [4.78, 5) is 33.5. The van der Waals surface area contributed by atoms with E-state index in [1.807, 2.05) is 48.2 Å². The van der Waals surface area contributed by atoms with Crippen LogP contribution in [0, 0.1) is 0 Å². The molecule has 8 heteroatoms. The lowest BCUT2D eigenvalue weighted by Crippen LogP contribution is -2.36. The summed E-state index contributed by atoms with van der Waals surface area (Å²) in [6.45, 7) is 3.48. The second-order valence-corrected chi connectivity index (χ2v) is 9.62. The van der Waals surface area contributed by atoms with Crippen LogP contribution in [0.1, 0.15) is 53.5 Å². The third-order valence-electron chi connectivity index (χ3n) is 6.33. The number of nitrogens with zero attached hydrogens (tertiary/aromatic N) is 2. The molecule has 33 heavy (non-hydrogen) atoms. The predicted octanol–water partition coefficient (Wildman–Crippen LogP) is 4.96. The largest absolute Gasteiger partial charge is 0.493 e. The van der Waals surface area contributed by atoms with E-state index >= 15 is 0 Å². The Labute approximate surface area is 197 Å². The fourth-order valence-corrected chi connectivity index (χ4v) is 5.74. The van der Waals surface area contributed by atoms with E-state index in [9.17, 15) is 9.59 Å². The van der Waals surface area contributed by atoms with Crippen molar-refractivity contribution in [1.82, 2.24) is 15.2 Å². The van der Waals surface area contributed by atoms with Gasteiger partial charge in [-0.3, -0.25) is 10.1 Å². The van der Waals surface area contributed by atoms with E-state index in [0.717, 1.165) is 34.2 Å². The lowest BCUT2D eigenvalue weighted by molar-refractivity contribution is 0.0734. The number of aromatic nitrogens is 1. The molecule has 7 nitrogen and oxygen atoms in total. The number of benzene rings is 2. The number of hydrogen-bond acceptors (Lipinski definition) is 5. The highest BCUT2D eigenvalue weighted by Crippen LogP contribution is 2.33. The fourth-order valence-electron chi connectivity index (χ4n) is 4.72. The molecular formula is C25H28N4O3S. The first-order chi connectivity index (χ1) is 16.1. The van der Waals surface area contributed by atoms with Crippen LogP contribution in [-0.4, -0.2) is 41.0 Å². The van der Waals surface area contributed by atoms with Crippen LogP contribution in [0.3, 0.4) is 0 Å². The van der Waals surface area contributed by atoms with Crippen molar-refractivity contribution < 1.29 is 14.3 Å². The number of urea groups is 1. The van der Waals surface area contributed by atoms with Crippen molar-refractivity contribution in [3.63, 3.8) is 0 Å². The summed E-state index contributed by atoms with van der Waals surface area (Å²) < 4.78 is 5.82. The molecule has 1 saturated carbocycles. The van der Waals surface area contributed by atoms with Gasteiger partial charge in [0.15, 0.2) is 5.13 Å². The number of carbonyl (C=O) groups is 2. The van der Waals surface area contributed by atoms with Gasteiger partial charge in [0.2, 0.25) is 0 Å². The van der Waals surface area contributed by atoms with Gasteiger partial charge in [-0.15, -0.1) is 0 Å². The zero-order valence-corrected chi connectivity index (χ0v) is 19.5. The summed E-state index contributed by atoms with van der Waals surface area (Å²) in [6, 6.07) is 11.8. The third kappa shape index (κ3) is 4.53. The maximum absolute atomic E-state index is 13.6. The molecule has 1 aliphatic heterocycles. The van der Waals surface area contributed by atoms with E-state index in [2.05, 4.69) is 15.6 Å². The van der Waals surface area contributed by atoms with Crippen molar-refractivity contribution >= 4 is 39.2 Å². The van der Waals surface area contributed by atoms with Gasteiger partial charge in [0.1, 0.15) is 5.75 Å². The van der Waals surface area contributed by atoms with Crippen molar-refractivity contribution in [2.24, 2.45) is 0 Å². The summed E-state index contributed by atoms with van der Waals surface area (Å²) in [6.07, 6.45) is 5.08. The van der Waals surface area contributed by atoms with Gasteiger partial charge >= 0.3 is 6.03 Å². The minimum absolute atomic E-state index is 0.0391. The zero-order valence-electron chi connectivity index (χ0n) is 18.7. The normalized spacial score (nSPS) is 16.0. The van der Waals surface area contributed by atoms with Gasteiger partial charge in [0, 0.05) is 23.9 Å². The Bertz CT molecular complexity index is 1190. The monoisotopic (exact) mass is 464 g/mol. The molecular weight excluding hydrogens is 436 g/mol.